The standard InChI is InChI=1S/C12H13N3/c13-11-7-14-15(8-11)12-5-9-3-1-2-4-10(9)6-12/h1-4,7-8,12H,5-6,13H2. The predicted octanol–water partition coefficient (Wildman–Crippen LogP) is 1.81. The van der Waals surface area contributed by atoms with Crippen molar-refractivity contribution in [3.8, 4) is 0 Å². The summed E-state index contributed by atoms with van der Waals surface area (Å²) in [5, 5.41) is 4.27. The molecule has 0 unspecified atom stereocenters. The zero-order valence-electron chi connectivity index (χ0n) is 8.43. The minimum Gasteiger partial charge on any atom is -0.396 e. The largest absolute Gasteiger partial charge is 0.396 e. The number of nitrogens with zero attached hydrogens (tertiary/aromatic N) is 2. The molecule has 0 spiro atoms. The lowest BCUT2D eigenvalue weighted by Crippen LogP contribution is -2.09. The van der Waals surface area contributed by atoms with Crippen LogP contribution in [0.4, 0.5) is 5.69 Å². The average molecular weight is 199 g/mol. The quantitative estimate of drug-likeness (QED) is 0.761. The molecule has 3 heteroatoms. The molecule has 0 atom stereocenters. The highest BCUT2D eigenvalue weighted by Crippen LogP contribution is 2.29. The molecule has 0 bridgehead atoms. The molecule has 1 aliphatic carbocycles. The van der Waals surface area contributed by atoms with Gasteiger partial charge in [-0.1, -0.05) is 24.3 Å². The van der Waals surface area contributed by atoms with Gasteiger partial charge in [0.15, 0.2) is 0 Å². The summed E-state index contributed by atoms with van der Waals surface area (Å²) < 4.78 is 1.98. The van der Waals surface area contributed by atoms with E-state index in [9.17, 15) is 0 Å². The van der Waals surface area contributed by atoms with E-state index in [-0.39, 0.29) is 0 Å². The molecule has 0 saturated heterocycles. The fourth-order valence-corrected chi connectivity index (χ4v) is 2.28. The summed E-state index contributed by atoms with van der Waals surface area (Å²) in [5.41, 5.74) is 9.29. The van der Waals surface area contributed by atoms with Crippen molar-refractivity contribution in [2.24, 2.45) is 0 Å². The second-order valence-electron chi connectivity index (χ2n) is 4.08. The van der Waals surface area contributed by atoms with Crippen molar-refractivity contribution in [2.75, 3.05) is 5.73 Å². The lowest BCUT2D eigenvalue weighted by molar-refractivity contribution is 0.475. The lowest BCUT2D eigenvalue weighted by Gasteiger charge is -2.08. The molecule has 3 nitrogen and oxygen atoms in total. The highest BCUT2D eigenvalue weighted by Gasteiger charge is 2.22. The third kappa shape index (κ3) is 1.40. The maximum atomic E-state index is 5.67. The molecular weight excluding hydrogens is 186 g/mol. The van der Waals surface area contributed by atoms with Gasteiger partial charge in [0.05, 0.1) is 17.9 Å². The third-order valence-electron chi connectivity index (χ3n) is 3.03. The maximum Gasteiger partial charge on any atom is 0.0719 e. The number of aromatic nitrogens is 2. The van der Waals surface area contributed by atoms with Crippen LogP contribution in [-0.4, -0.2) is 9.78 Å². The molecule has 2 aromatic rings. The fraction of sp³-hybridized carbons (Fsp3) is 0.250. The van der Waals surface area contributed by atoms with Crippen LogP contribution in [0.5, 0.6) is 0 Å². The average Bonchev–Trinajstić information content (AvgIpc) is 2.82. The highest BCUT2D eigenvalue weighted by atomic mass is 15.3. The van der Waals surface area contributed by atoms with E-state index >= 15 is 0 Å². The first-order valence-corrected chi connectivity index (χ1v) is 5.19. The number of rotatable bonds is 1. The number of hydrogen-bond acceptors (Lipinski definition) is 2. The van der Waals surface area contributed by atoms with Crippen LogP contribution >= 0.6 is 0 Å². The van der Waals surface area contributed by atoms with E-state index in [1.165, 1.54) is 11.1 Å². The topological polar surface area (TPSA) is 43.8 Å². The van der Waals surface area contributed by atoms with E-state index < -0.39 is 0 Å². The Morgan fingerprint density at radius 1 is 1.20 bits per heavy atom. The Bertz CT molecular complexity index is 462. The minimum absolute atomic E-state index is 0.444. The molecule has 1 aromatic heterocycles. The van der Waals surface area contributed by atoms with E-state index in [2.05, 4.69) is 29.4 Å². The van der Waals surface area contributed by atoms with Crippen molar-refractivity contribution in [3.63, 3.8) is 0 Å². The van der Waals surface area contributed by atoms with Crippen molar-refractivity contribution in [1.82, 2.24) is 9.78 Å². The lowest BCUT2D eigenvalue weighted by atomic mass is 10.1. The van der Waals surface area contributed by atoms with Gasteiger partial charge in [0.25, 0.3) is 0 Å². The summed E-state index contributed by atoms with van der Waals surface area (Å²) in [6.45, 7) is 0. The summed E-state index contributed by atoms with van der Waals surface area (Å²) in [6.07, 6.45) is 5.76. The molecule has 0 aliphatic heterocycles. The van der Waals surface area contributed by atoms with Crippen molar-refractivity contribution in [3.05, 3.63) is 47.8 Å². The summed E-state index contributed by atoms with van der Waals surface area (Å²) >= 11 is 0. The van der Waals surface area contributed by atoms with E-state index in [1.54, 1.807) is 6.20 Å². The zero-order valence-corrected chi connectivity index (χ0v) is 8.43. The number of benzene rings is 1. The van der Waals surface area contributed by atoms with Crippen molar-refractivity contribution in [2.45, 2.75) is 18.9 Å². The van der Waals surface area contributed by atoms with Crippen LogP contribution in [0.2, 0.25) is 0 Å². The Balaban J connectivity index is 1.90. The van der Waals surface area contributed by atoms with Gasteiger partial charge in [-0.05, 0) is 24.0 Å². The van der Waals surface area contributed by atoms with E-state index in [0.29, 0.717) is 6.04 Å². The van der Waals surface area contributed by atoms with Crippen LogP contribution in [0.25, 0.3) is 0 Å². The fourth-order valence-electron chi connectivity index (χ4n) is 2.28. The van der Waals surface area contributed by atoms with Gasteiger partial charge in [-0.2, -0.15) is 5.10 Å². The number of fused-ring (bicyclic) bond motifs is 1. The van der Waals surface area contributed by atoms with Crippen LogP contribution in [0.3, 0.4) is 0 Å². The Kier molecular flexibility index (Phi) is 1.78. The second kappa shape index (κ2) is 3.12. The molecular formula is C12H13N3. The molecule has 0 saturated carbocycles. The summed E-state index contributed by atoms with van der Waals surface area (Å²) in [7, 11) is 0. The molecule has 1 aliphatic rings. The van der Waals surface area contributed by atoms with Crippen molar-refractivity contribution < 1.29 is 0 Å². The Hall–Kier alpha value is -1.77. The van der Waals surface area contributed by atoms with Crippen molar-refractivity contribution >= 4 is 5.69 Å². The summed E-state index contributed by atoms with van der Waals surface area (Å²) in [6, 6.07) is 9.03. The highest BCUT2D eigenvalue weighted by molar-refractivity contribution is 5.34. The molecule has 15 heavy (non-hydrogen) atoms. The van der Waals surface area contributed by atoms with Crippen LogP contribution < -0.4 is 5.73 Å². The number of anilines is 1. The monoisotopic (exact) mass is 199 g/mol. The molecule has 2 N–H and O–H groups in total. The van der Waals surface area contributed by atoms with Crippen LogP contribution in [0.1, 0.15) is 17.2 Å². The third-order valence-corrected chi connectivity index (χ3v) is 3.03. The number of nitrogen functional groups attached to an aromatic ring is 1. The molecule has 1 heterocycles. The van der Waals surface area contributed by atoms with E-state index in [0.717, 1.165) is 18.5 Å². The minimum atomic E-state index is 0.444. The summed E-state index contributed by atoms with van der Waals surface area (Å²) in [4.78, 5) is 0. The van der Waals surface area contributed by atoms with Crippen LogP contribution in [0, 0.1) is 0 Å². The van der Waals surface area contributed by atoms with Crippen LogP contribution in [-0.2, 0) is 12.8 Å². The molecule has 0 amide bonds. The Morgan fingerprint density at radius 2 is 1.87 bits per heavy atom. The predicted molar refractivity (Wildman–Crippen MR) is 59.5 cm³/mol. The first-order valence-electron chi connectivity index (χ1n) is 5.19. The van der Waals surface area contributed by atoms with Gasteiger partial charge >= 0.3 is 0 Å². The zero-order chi connectivity index (χ0) is 10.3. The van der Waals surface area contributed by atoms with Gasteiger partial charge in [0.2, 0.25) is 0 Å². The van der Waals surface area contributed by atoms with Gasteiger partial charge in [-0.15, -0.1) is 0 Å². The molecule has 3 rings (SSSR count). The maximum absolute atomic E-state index is 5.67. The van der Waals surface area contributed by atoms with E-state index in [4.69, 9.17) is 5.73 Å². The van der Waals surface area contributed by atoms with Crippen molar-refractivity contribution in [1.29, 1.82) is 0 Å². The van der Waals surface area contributed by atoms with Gasteiger partial charge in [0.1, 0.15) is 0 Å². The first-order chi connectivity index (χ1) is 7.33. The summed E-state index contributed by atoms with van der Waals surface area (Å²) in [5.74, 6) is 0. The van der Waals surface area contributed by atoms with Gasteiger partial charge in [-0.25, -0.2) is 0 Å². The smallest absolute Gasteiger partial charge is 0.0719 e. The Morgan fingerprint density at radius 3 is 2.40 bits per heavy atom. The normalized spacial score (nSPS) is 15.5. The first kappa shape index (κ1) is 8.53. The second-order valence-corrected chi connectivity index (χ2v) is 4.08. The van der Waals surface area contributed by atoms with Gasteiger partial charge < -0.3 is 5.73 Å². The molecule has 1 aromatic carbocycles. The number of nitrogens with two attached hydrogens (primary N) is 1. The van der Waals surface area contributed by atoms with Crippen LogP contribution in [0.15, 0.2) is 36.7 Å². The van der Waals surface area contributed by atoms with E-state index in [1.807, 2.05) is 10.9 Å². The molecule has 76 valence electrons. The molecule has 0 radical (unpaired) electrons. The number of hydrogen-bond donors (Lipinski definition) is 1. The SMILES string of the molecule is Nc1cnn(C2Cc3ccccc3C2)c1. The Labute approximate surface area is 88.5 Å². The van der Waals surface area contributed by atoms with Gasteiger partial charge in [0, 0.05) is 6.20 Å². The van der Waals surface area contributed by atoms with Gasteiger partial charge in [-0.3, -0.25) is 4.68 Å². The molecule has 0 fully saturated rings.